The molecule has 0 aliphatic heterocycles. The van der Waals surface area contributed by atoms with Gasteiger partial charge in [-0.3, -0.25) is 24.2 Å². The normalized spacial score (nSPS) is 9.12. The van der Waals surface area contributed by atoms with E-state index in [0.29, 0.717) is 16.8 Å². The summed E-state index contributed by atoms with van der Waals surface area (Å²) in [5.74, 6) is 0. The molecule has 0 saturated heterocycles. The van der Waals surface area contributed by atoms with Crippen LogP contribution in [0.4, 0.5) is 0 Å². The Balaban J connectivity index is 0.000000213. The van der Waals surface area contributed by atoms with Crippen molar-refractivity contribution in [2.75, 3.05) is 0 Å². The molecule has 11 nitrogen and oxygen atoms in total. The van der Waals surface area contributed by atoms with Crippen LogP contribution in [0.2, 0.25) is 0 Å². The maximum Gasteiger partial charge on any atom is 0.269 e. The van der Waals surface area contributed by atoms with E-state index in [1.807, 2.05) is 0 Å². The summed E-state index contributed by atoms with van der Waals surface area (Å²) < 4.78 is 0. The molecule has 0 aromatic carbocycles. The van der Waals surface area contributed by atoms with Gasteiger partial charge in [-0.25, -0.2) is 10.1 Å². The lowest BCUT2D eigenvalue weighted by Crippen LogP contribution is -2.08. The number of aryl methyl sites for hydroxylation is 4. The van der Waals surface area contributed by atoms with Gasteiger partial charge in [0.15, 0.2) is 0 Å². The molecule has 0 fully saturated rings. The fraction of sp³-hybridized carbons (Fsp3) is 0.190. The van der Waals surface area contributed by atoms with Crippen LogP contribution < -0.4 is 22.2 Å². The van der Waals surface area contributed by atoms with Gasteiger partial charge < -0.3 is 15.0 Å². The molecule has 168 valence electrons. The maximum atomic E-state index is 10.6. The third-order valence-corrected chi connectivity index (χ3v) is 3.72. The van der Waals surface area contributed by atoms with E-state index in [1.54, 1.807) is 64.5 Å². The number of H-pyrrole nitrogens is 4. The molecule has 4 aromatic rings. The van der Waals surface area contributed by atoms with Crippen LogP contribution in [-0.2, 0) is 0 Å². The predicted octanol–water partition coefficient (Wildman–Crippen LogP) is 0.918. The number of nitrogens with one attached hydrogen (secondary N) is 4. The first kappa shape index (κ1) is 25.6. The summed E-state index contributed by atoms with van der Waals surface area (Å²) in [6.07, 6.45) is 9.13. The minimum Gasteiger partial charge on any atom is -0.329 e. The number of nitrogens with zero attached hydrogens (tertiary/aromatic N) is 3. The van der Waals surface area contributed by atoms with Crippen LogP contribution in [0.5, 0.6) is 0 Å². The van der Waals surface area contributed by atoms with Crippen LogP contribution >= 0.6 is 0 Å². The van der Waals surface area contributed by atoms with Gasteiger partial charge >= 0.3 is 0 Å². The van der Waals surface area contributed by atoms with Crippen molar-refractivity contribution < 1.29 is 0 Å². The molecule has 0 saturated carbocycles. The lowest BCUT2D eigenvalue weighted by molar-refractivity contribution is 0.969. The summed E-state index contributed by atoms with van der Waals surface area (Å²) in [6.45, 7) is 6.89. The van der Waals surface area contributed by atoms with E-state index < -0.39 is 0 Å². The van der Waals surface area contributed by atoms with Crippen molar-refractivity contribution in [3.8, 4) is 0 Å². The smallest absolute Gasteiger partial charge is 0.269 e. The van der Waals surface area contributed by atoms with Gasteiger partial charge in [-0.05, 0) is 39.8 Å². The van der Waals surface area contributed by atoms with Gasteiger partial charge in [0.05, 0.1) is 6.33 Å². The quantitative estimate of drug-likeness (QED) is 0.315. The highest BCUT2D eigenvalue weighted by atomic mass is 16.1. The van der Waals surface area contributed by atoms with Gasteiger partial charge in [0.25, 0.3) is 22.2 Å². The standard InChI is InChI=1S/C6H7NO.3C5H6N2O/c1-5-3-2-4-7-6(5)8;1-4-2-6-3-7-5(4)8;1-4-5(8)7-3-2-6-4;1-4-2-3-6-7-5(4)8/h2-4H,1H3,(H,7,8);2-3H,1H3,(H,6,7,8);2*2-3H,1H3,(H,7,8). The van der Waals surface area contributed by atoms with Crippen molar-refractivity contribution >= 4 is 0 Å². The molecule has 0 aliphatic carbocycles. The third-order valence-electron chi connectivity index (χ3n) is 3.72. The van der Waals surface area contributed by atoms with Crippen LogP contribution in [-0.4, -0.2) is 35.1 Å². The Morgan fingerprint density at radius 3 is 1.72 bits per heavy atom. The van der Waals surface area contributed by atoms with Crippen molar-refractivity contribution in [2.45, 2.75) is 27.7 Å². The lowest BCUT2D eigenvalue weighted by Gasteiger charge is -1.83. The van der Waals surface area contributed by atoms with E-state index in [2.05, 4.69) is 35.1 Å². The Morgan fingerprint density at radius 2 is 1.34 bits per heavy atom. The fourth-order valence-corrected chi connectivity index (χ4v) is 1.76. The molecule has 0 spiro atoms. The summed E-state index contributed by atoms with van der Waals surface area (Å²) in [5.41, 5.74) is 2.29. The van der Waals surface area contributed by atoms with Crippen molar-refractivity contribution in [3.63, 3.8) is 0 Å². The molecule has 4 heterocycles. The average molecular weight is 439 g/mol. The Kier molecular flexibility index (Phi) is 11.0. The molecular formula is C21H25N7O4. The summed E-state index contributed by atoms with van der Waals surface area (Å²) in [7, 11) is 0. The van der Waals surface area contributed by atoms with Gasteiger partial charge in [-0.15, -0.1) is 0 Å². The minimum atomic E-state index is -0.118. The van der Waals surface area contributed by atoms with E-state index in [-0.39, 0.29) is 22.2 Å². The van der Waals surface area contributed by atoms with Crippen molar-refractivity contribution in [1.29, 1.82) is 0 Å². The first-order valence-corrected chi connectivity index (χ1v) is 9.36. The highest BCUT2D eigenvalue weighted by molar-refractivity contribution is 5.05. The number of hydrogen-bond acceptors (Lipinski definition) is 7. The molecule has 4 rings (SSSR count). The van der Waals surface area contributed by atoms with E-state index in [9.17, 15) is 19.2 Å². The van der Waals surface area contributed by atoms with Crippen molar-refractivity contribution in [2.24, 2.45) is 0 Å². The number of rotatable bonds is 0. The second kappa shape index (κ2) is 13.7. The lowest BCUT2D eigenvalue weighted by atomic mass is 10.3. The predicted molar refractivity (Wildman–Crippen MR) is 121 cm³/mol. The Hall–Kier alpha value is -4.41. The van der Waals surface area contributed by atoms with Gasteiger partial charge in [0.2, 0.25) is 0 Å². The largest absolute Gasteiger partial charge is 0.329 e. The summed E-state index contributed by atoms with van der Waals surface area (Å²) in [5, 5.41) is 5.80. The molecular weight excluding hydrogens is 414 g/mol. The zero-order valence-corrected chi connectivity index (χ0v) is 18.2. The number of hydrogen-bond donors (Lipinski definition) is 4. The molecule has 0 aliphatic rings. The SMILES string of the molecule is Cc1ccc[nH]c1=O.Cc1ccn[nH]c1=O.Cc1cnc[nH]c1=O.Cc1ncc[nH]c1=O. The van der Waals surface area contributed by atoms with E-state index in [0.717, 1.165) is 5.56 Å². The molecule has 0 unspecified atom stereocenters. The monoisotopic (exact) mass is 439 g/mol. The Bertz CT molecular complexity index is 1120. The van der Waals surface area contributed by atoms with Crippen molar-refractivity contribution in [1.82, 2.24) is 35.1 Å². The van der Waals surface area contributed by atoms with Crippen molar-refractivity contribution in [3.05, 3.63) is 119 Å². The minimum absolute atomic E-state index is 0.00694. The first-order chi connectivity index (χ1) is 15.2. The zero-order valence-electron chi connectivity index (χ0n) is 18.2. The Morgan fingerprint density at radius 1 is 0.688 bits per heavy atom. The third kappa shape index (κ3) is 9.87. The van der Waals surface area contributed by atoms with Gasteiger partial charge in [-0.1, -0.05) is 6.07 Å². The average Bonchev–Trinajstić information content (AvgIpc) is 2.78. The van der Waals surface area contributed by atoms with Crippen LogP contribution in [0.3, 0.4) is 0 Å². The number of aromatic amines is 4. The molecule has 32 heavy (non-hydrogen) atoms. The molecule has 11 heteroatoms. The van der Waals surface area contributed by atoms with E-state index >= 15 is 0 Å². The van der Waals surface area contributed by atoms with Crippen LogP contribution in [0.1, 0.15) is 22.4 Å². The Labute approximate surface area is 182 Å². The van der Waals surface area contributed by atoms with E-state index in [4.69, 9.17) is 0 Å². The molecule has 0 bridgehead atoms. The first-order valence-electron chi connectivity index (χ1n) is 9.36. The highest BCUT2D eigenvalue weighted by Gasteiger charge is 1.86. The second-order valence-electron chi connectivity index (χ2n) is 6.32. The number of aromatic nitrogens is 7. The van der Waals surface area contributed by atoms with Gasteiger partial charge in [-0.2, -0.15) is 5.10 Å². The summed E-state index contributed by atoms with van der Waals surface area (Å²) >= 11 is 0. The van der Waals surface area contributed by atoms with Crippen LogP contribution in [0, 0.1) is 27.7 Å². The maximum absolute atomic E-state index is 10.6. The van der Waals surface area contributed by atoms with E-state index in [1.165, 1.54) is 18.7 Å². The molecule has 0 amide bonds. The fourth-order valence-electron chi connectivity index (χ4n) is 1.76. The molecule has 4 N–H and O–H groups in total. The van der Waals surface area contributed by atoms with Crippen LogP contribution in [0.25, 0.3) is 0 Å². The highest BCUT2D eigenvalue weighted by Crippen LogP contribution is 1.81. The van der Waals surface area contributed by atoms with Crippen LogP contribution in [0.15, 0.2) is 74.7 Å². The zero-order chi connectivity index (χ0) is 23.9. The molecule has 0 radical (unpaired) electrons. The summed E-state index contributed by atoms with van der Waals surface area (Å²) in [6, 6.07) is 5.24. The number of pyridine rings is 1. The van der Waals surface area contributed by atoms with Gasteiger partial charge in [0.1, 0.15) is 5.69 Å². The molecule has 0 atom stereocenters. The topological polar surface area (TPSA) is 170 Å². The summed E-state index contributed by atoms with van der Waals surface area (Å²) in [4.78, 5) is 57.0. The van der Waals surface area contributed by atoms with Gasteiger partial charge in [0, 0.05) is 47.7 Å². The second-order valence-corrected chi connectivity index (χ2v) is 6.32. The molecule has 4 aromatic heterocycles.